The first-order valence-electron chi connectivity index (χ1n) is 11.0. The maximum Gasteiger partial charge on any atom is 0.274 e. The fourth-order valence-electron chi connectivity index (χ4n) is 4.62. The molecular weight excluding hydrogens is 396 g/mol. The van der Waals surface area contributed by atoms with E-state index in [4.69, 9.17) is 14.2 Å². The smallest absolute Gasteiger partial charge is 0.274 e. The zero-order chi connectivity index (χ0) is 21.8. The minimum absolute atomic E-state index is 0.0581. The standard InChI is InChI=1S/C23H32N4O4/c1-29-19-10-9-16(21(30-2)22(19)31-3)15-26-11-13-27(14-12-26)23(28)20-17-7-5-4-6-8-18(17)24-25-20/h9-10H,4-8,11-15H2,1-3H3,(H,24,25). The molecule has 0 saturated carbocycles. The lowest BCUT2D eigenvalue weighted by Gasteiger charge is -2.34. The maximum absolute atomic E-state index is 13.1. The van der Waals surface area contributed by atoms with Gasteiger partial charge in [-0.25, -0.2) is 0 Å². The Balaban J connectivity index is 1.41. The molecule has 2 aromatic rings. The number of fused-ring (bicyclic) bond motifs is 1. The lowest BCUT2D eigenvalue weighted by molar-refractivity contribution is 0.0620. The van der Waals surface area contributed by atoms with Crippen molar-refractivity contribution >= 4 is 5.91 Å². The monoisotopic (exact) mass is 428 g/mol. The molecule has 1 aliphatic carbocycles. The van der Waals surface area contributed by atoms with E-state index in [-0.39, 0.29) is 5.91 Å². The molecule has 1 amide bonds. The summed E-state index contributed by atoms with van der Waals surface area (Å²) in [6, 6.07) is 3.91. The predicted octanol–water partition coefficient (Wildman–Crippen LogP) is 2.66. The van der Waals surface area contributed by atoms with E-state index in [0.717, 1.165) is 55.7 Å². The summed E-state index contributed by atoms with van der Waals surface area (Å²) in [6.45, 7) is 3.71. The number of carbonyl (C=O) groups is 1. The average Bonchev–Trinajstić information content (AvgIpc) is 3.06. The van der Waals surface area contributed by atoms with E-state index in [1.165, 1.54) is 12.8 Å². The molecule has 31 heavy (non-hydrogen) atoms. The van der Waals surface area contributed by atoms with E-state index >= 15 is 0 Å². The van der Waals surface area contributed by atoms with Gasteiger partial charge in [-0.2, -0.15) is 5.10 Å². The molecule has 0 spiro atoms. The molecule has 8 heteroatoms. The van der Waals surface area contributed by atoms with Crippen molar-refractivity contribution in [2.24, 2.45) is 0 Å². The topological polar surface area (TPSA) is 79.9 Å². The van der Waals surface area contributed by atoms with Crippen LogP contribution in [0.4, 0.5) is 0 Å². The van der Waals surface area contributed by atoms with Crippen LogP contribution < -0.4 is 14.2 Å². The molecule has 1 fully saturated rings. The number of methoxy groups -OCH3 is 3. The van der Waals surface area contributed by atoms with Gasteiger partial charge in [0.05, 0.1) is 21.3 Å². The number of H-pyrrole nitrogens is 1. The predicted molar refractivity (Wildman–Crippen MR) is 117 cm³/mol. The van der Waals surface area contributed by atoms with Crippen LogP contribution in [-0.2, 0) is 19.4 Å². The van der Waals surface area contributed by atoms with Gasteiger partial charge < -0.3 is 19.1 Å². The summed E-state index contributed by atoms with van der Waals surface area (Å²) < 4.78 is 16.5. The number of piperazine rings is 1. The number of hydrogen-bond acceptors (Lipinski definition) is 6. The first-order chi connectivity index (χ1) is 15.2. The normalized spacial score (nSPS) is 17.1. The van der Waals surface area contributed by atoms with E-state index in [2.05, 4.69) is 15.1 Å². The van der Waals surface area contributed by atoms with Crippen molar-refractivity contribution in [3.8, 4) is 17.2 Å². The van der Waals surface area contributed by atoms with Crippen LogP contribution in [0.5, 0.6) is 17.2 Å². The Labute approximate surface area is 183 Å². The molecule has 0 unspecified atom stereocenters. The number of carbonyl (C=O) groups excluding carboxylic acids is 1. The molecule has 4 rings (SSSR count). The van der Waals surface area contributed by atoms with Crippen molar-refractivity contribution in [2.45, 2.75) is 38.6 Å². The average molecular weight is 429 g/mol. The number of amides is 1. The van der Waals surface area contributed by atoms with Crippen LogP contribution in [0.15, 0.2) is 12.1 Å². The second-order valence-corrected chi connectivity index (χ2v) is 8.15. The zero-order valence-corrected chi connectivity index (χ0v) is 18.7. The zero-order valence-electron chi connectivity index (χ0n) is 18.7. The molecule has 1 aliphatic heterocycles. The SMILES string of the molecule is COc1ccc(CN2CCN(C(=O)c3n[nH]c4c3CCCCC4)CC2)c(OC)c1OC. The van der Waals surface area contributed by atoms with Crippen LogP contribution in [0.2, 0.25) is 0 Å². The highest BCUT2D eigenvalue weighted by Crippen LogP contribution is 2.40. The van der Waals surface area contributed by atoms with E-state index in [1.807, 2.05) is 17.0 Å². The molecule has 1 saturated heterocycles. The van der Waals surface area contributed by atoms with Gasteiger partial charge >= 0.3 is 0 Å². The Morgan fingerprint density at radius 3 is 2.42 bits per heavy atom. The third-order valence-electron chi connectivity index (χ3n) is 6.35. The van der Waals surface area contributed by atoms with Crippen molar-refractivity contribution in [1.29, 1.82) is 0 Å². The van der Waals surface area contributed by atoms with Crippen molar-refractivity contribution in [3.05, 3.63) is 34.6 Å². The largest absolute Gasteiger partial charge is 0.493 e. The number of aromatic nitrogens is 2. The molecule has 0 bridgehead atoms. The summed E-state index contributed by atoms with van der Waals surface area (Å²) in [5, 5.41) is 7.50. The Bertz CT molecular complexity index is 919. The molecule has 1 aromatic heterocycles. The van der Waals surface area contributed by atoms with Gasteiger partial charge in [0.25, 0.3) is 5.91 Å². The molecule has 8 nitrogen and oxygen atoms in total. The third-order valence-corrected chi connectivity index (χ3v) is 6.35. The highest BCUT2D eigenvalue weighted by atomic mass is 16.5. The fraction of sp³-hybridized carbons (Fsp3) is 0.565. The van der Waals surface area contributed by atoms with Crippen LogP contribution in [0.25, 0.3) is 0 Å². The fourth-order valence-corrected chi connectivity index (χ4v) is 4.62. The van der Waals surface area contributed by atoms with Gasteiger partial charge in [0.15, 0.2) is 17.2 Å². The summed E-state index contributed by atoms with van der Waals surface area (Å²) in [7, 11) is 4.87. The second-order valence-electron chi connectivity index (χ2n) is 8.15. The molecule has 2 aliphatic rings. The highest BCUT2D eigenvalue weighted by molar-refractivity contribution is 5.94. The van der Waals surface area contributed by atoms with E-state index in [1.54, 1.807) is 21.3 Å². The van der Waals surface area contributed by atoms with Crippen LogP contribution >= 0.6 is 0 Å². The van der Waals surface area contributed by atoms with E-state index in [9.17, 15) is 4.79 Å². The number of nitrogens with zero attached hydrogens (tertiary/aromatic N) is 3. The van der Waals surface area contributed by atoms with Crippen molar-refractivity contribution in [3.63, 3.8) is 0 Å². The van der Waals surface area contributed by atoms with Gasteiger partial charge in [-0.15, -0.1) is 0 Å². The molecule has 1 aromatic carbocycles. The van der Waals surface area contributed by atoms with Gasteiger partial charge in [0, 0.05) is 49.5 Å². The van der Waals surface area contributed by atoms with Crippen molar-refractivity contribution in [2.75, 3.05) is 47.5 Å². The Hall–Kier alpha value is -2.74. The Kier molecular flexibility index (Phi) is 6.65. The maximum atomic E-state index is 13.1. The van der Waals surface area contributed by atoms with Gasteiger partial charge in [0.2, 0.25) is 5.75 Å². The summed E-state index contributed by atoms with van der Waals surface area (Å²) in [6.07, 6.45) is 5.46. The number of rotatable bonds is 6. The quantitative estimate of drug-likeness (QED) is 0.713. The highest BCUT2D eigenvalue weighted by Gasteiger charge is 2.28. The Morgan fingerprint density at radius 1 is 0.968 bits per heavy atom. The number of aromatic amines is 1. The molecular formula is C23H32N4O4. The van der Waals surface area contributed by atoms with E-state index in [0.29, 0.717) is 36.0 Å². The minimum Gasteiger partial charge on any atom is -0.493 e. The van der Waals surface area contributed by atoms with Crippen LogP contribution in [0.3, 0.4) is 0 Å². The summed E-state index contributed by atoms with van der Waals surface area (Å²) in [5.74, 6) is 2.01. The number of ether oxygens (including phenoxy) is 3. The third kappa shape index (κ3) is 4.35. The molecule has 0 atom stereocenters. The molecule has 168 valence electrons. The first kappa shape index (κ1) is 21.5. The number of aryl methyl sites for hydroxylation is 1. The summed E-state index contributed by atoms with van der Waals surface area (Å²) in [5.41, 5.74) is 3.96. The van der Waals surface area contributed by atoms with Gasteiger partial charge in [-0.3, -0.25) is 14.8 Å². The number of benzene rings is 1. The van der Waals surface area contributed by atoms with Gasteiger partial charge in [0.1, 0.15) is 0 Å². The lowest BCUT2D eigenvalue weighted by atomic mass is 10.1. The van der Waals surface area contributed by atoms with Gasteiger partial charge in [-0.05, 0) is 31.7 Å². The molecule has 2 heterocycles. The van der Waals surface area contributed by atoms with Crippen LogP contribution in [0.1, 0.15) is 46.6 Å². The first-order valence-corrected chi connectivity index (χ1v) is 11.0. The second kappa shape index (κ2) is 9.60. The molecule has 0 radical (unpaired) electrons. The van der Waals surface area contributed by atoms with Crippen LogP contribution in [0, 0.1) is 0 Å². The van der Waals surface area contributed by atoms with E-state index < -0.39 is 0 Å². The van der Waals surface area contributed by atoms with Crippen molar-refractivity contribution in [1.82, 2.24) is 20.0 Å². The van der Waals surface area contributed by atoms with Gasteiger partial charge in [-0.1, -0.05) is 12.5 Å². The number of hydrogen-bond donors (Lipinski definition) is 1. The number of nitrogens with one attached hydrogen (secondary N) is 1. The summed E-state index contributed by atoms with van der Waals surface area (Å²) >= 11 is 0. The minimum atomic E-state index is 0.0581. The lowest BCUT2D eigenvalue weighted by Crippen LogP contribution is -2.48. The van der Waals surface area contributed by atoms with Crippen LogP contribution in [-0.4, -0.2) is 73.4 Å². The van der Waals surface area contributed by atoms with Crippen molar-refractivity contribution < 1.29 is 19.0 Å². The summed E-state index contributed by atoms with van der Waals surface area (Å²) in [4.78, 5) is 17.4. The Morgan fingerprint density at radius 2 is 1.71 bits per heavy atom. The molecule has 1 N–H and O–H groups in total.